The van der Waals surface area contributed by atoms with Gasteiger partial charge in [0, 0.05) is 10.8 Å². The molecule has 1 aromatic heterocycles. The summed E-state index contributed by atoms with van der Waals surface area (Å²) in [7, 11) is -3.64. The molecule has 0 radical (unpaired) electrons. The molecule has 0 aromatic carbocycles. The first kappa shape index (κ1) is 11.4. The highest BCUT2D eigenvalue weighted by molar-refractivity contribution is 8.02. The number of sulfonamides is 1. The zero-order chi connectivity index (χ0) is 11.2. The van der Waals surface area contributed by atoms with Crippen LogP contribution in [0.2, 0.25) is 0 Å². The van der Waals surface area contributed by atoms with E-state index in [0.29, 0.717) is 17.2 Å². The molecule has 1 aromatic rings. The second-order valence-corrected chi connectivity index (χ2v) is 8.08. The van der Waals surface area contributed by atoms with Gasteiger partial charge in [-0.25, -0.2) is 13.6 Å². The highest BCUT2D eigenvalue weighted by Crippen LogP contribution is 2.46. The van der Waals surface area contributed by atoms with Crippen LogP contribution >= 0.6 is 23.1 Å². The Kier molecular flexibility index (Phi) is 2.85. The van der Waals surface area contributed by atoms with E-state index < -0.39 is 16.1 Å². The number of primary sulfonamides is 1. The van der Waals surface area contributed by atoms with Crippen LogP contribution in [0, 0.1) is 0 Å². The number of hydrogen-bond acceptors (Lipinski definition) is 5. The number of rotatable bonds is 1. The predicted molar refractivity (Wildman–Crippen MR) is 60.6 cm³/mol. The van der Waals surface area contributed by atoms with Crippen molar-refractivity contribution < 1.29 is 13.5 Å². The number of aliphatic hydroxyl groups excluding tert-OH is 1. The Hall–Kier alpha value is -0.0800. The molecule has 1 aliphatic rings. The molecule has 0 aliphatic carbocycles. The minimum absolute atomic E-state index is 0.133. The summed E-state index contributed by atoms with van der Waals surface area (Å²) in [6, 6.07) is 1.48. The van der Waals surface area contributed by atoms with Crippen LogP contribution in [0.4, 0.5) is 0 Å². The maximum absolute atomic E-state index is 11.1. The van der Waals surface area contributed by atoms with Crippen molar-refractivity contribution in [1.29, 1.82) is 0 Å². The van der Waals surface area contributed by atoms with Crippen molar-refractivity contribution in [2.75, 3.05) is 0 Å². The highest BCUT2D eigenvalue weighted by Gasteiger charge is 2.28. The first-order chi connectivity index (χ1) is 6.88. The molecule has 0 spiro atoms. The van der Waals surface area contributed by atoms with Crippen molar-refractivity contribution in [3.8, 4) is 0 Å². The highest BCUT2D eigenvalue weighted by atomic mass is 32.3. The third-order valence-corrected chi connectivity index (χ3v) is 6.15. The molecule has 2 rings (SSSR count). The Morgan fingerprint density at radius 3 is 2.87 bits per heavy atom. The molecule has 0 bridgehead atoms. The van der Waals surface area contributed by atoms with Crippen LogP contribution in [0.5, 0.6) is 0 Å². The normalized spacial score (nSPS) is 26.3. The van der Waals surface area contributed by atoms with E-state index >= 15 is 0 Å². The van der Waals surface area contributed by atoms with Gasteiger partial charge in [0.05, 0.1) is 10.3 Å². The summed E-state index contributed by atoms with van der Waals surface area (Å²) < 4.78 is 23.3. The molecule has 2 atom stereocenters. The van der Waals surface area contributed by atoms with Gasteiger partial charge in [0.2, 0.25) is 10.0 Å². The Balaban J connectivity index is 2.48. The fraction of sp³-hybridized carbons (Fsp3) is 0.500. The van der Waals surface area contributed by atoms with Gasteiger partial charge in [-0.2, -0.15) is 0 Å². The fourth-order valence-electron chi connectivity index (χ4n) is 1.50. The van der Waals surface area contributed by atoms with Gasteiger partial charge in [-0.1, -0.05) is 6.92 Å². The lowest BCUT2D eigenvalue weighted by atomic mass is 10.1. The summed E-state index contributed by atoms with van der Waals surface area (Å²) in [5, 5.41) is 15.1. The number of thiophene rings is 1. The monoisotopic (exact) mass is 265 g/mol. The summed E-state index contributed by atoms with van der Waals surface area (Å²) >= 11 is 2.73. The van der Waals surface area contributed by atoms with Crippen LogP contribution in [0.3, 0.4) is 0 Å². The van der Waals surface area contributed by atoms with Crippen LogP contribution in [0.1, 0.15) is 25.0 Å². The molecular weight excluding hydrogens is 254 g/mol. The molecule has 7 heteroatoms. The van der Waals surface area contributed by atoms with E-state index in [-0.39, 0.29) is 4.21 Å². The predicted octanol–water partition coefficient (Wildman–Crippen LogP) is 1.31. The molecule has 0 fully saturated rings. The van der Waals surface area contributed by atoms with Gasteiger partial charge in [0.25, 0.3) is 0 Å². The maximum Gasteiger partial charge on any atom is 0.247 e. The lowest BCUT2D eigenvalue weighted by Gasteiger charge is -2.22. The van der Waals surface area contributed by atoms with E-state index in [1.807, 2.05) is 6.92 Å². The van der Waals surface area contributed by atoms with E-state index in [9.17, 15) is 13.5 Å². The second-order valence-electron chi connectivity index (χ2n) is 3.53. The summed E-state index contributed by atoms with van der Waals surface area (Å²) in [6.45, 7) is 2.01. The van der Waals surface area contributed by atoms with Crippen LogP contribution in [0.25, 0.3) is 0 Å². The third-order valence-electron chi connectivity index (χ3n) is 2.21. The van der Waals surface area contributed by atoms with E-state index in [2.05, 4.69) is 0 Å². The fourth-order valence-corrected chi connectivity index (χ4v) is 5.28. The lowest BCUT2D eigenvalue weighted by molar-refractivity contribution is 0.164. The molecule has 0 saturated heterocycles. The molecule has 2 heterocycles. The van der Waals surface area contributed by atoms with Crippen molar-refractivity contribution >= 4 is 33.1 Å². The van der Waals surface area contributed by atoms with Gasteiger partial charge in [0.15, 0.2) is 0 Å². The molecular formula is C8H11NO3S3. The molecule has 0 amide bonds. The summed E-state index contributed by atoms with van der Waals surface area (Å²) in [5.41, 5.74) is 0.701. The zero-order valence-electron chi connectivity index (χ0n) is 8.00. The number of nitrogens with two attached hydrogens (primary N) is 1. The van der Waals surface area contributed by atoms with Crippen molar-refractivity contribution in [3.63, 3.8) is 0 Å². The number of thioether (sulfide) groups is 1. The van der Waals surface area contributed by atoms with Gasteiger partial charge in [-0.15, -0.1) is 23.1 Å². The molecule has 2 unspecified atom stereocenters. The number of aliphatic hydroxyl groups is 1. The molecule has 4 nitrogen and oxygen atoms in total. The third kappa shape index (κ3) is 2.21. The largest absolute Gasteiger partial charge is 0.388 e. The number of fused-ring (bicyclic) bond motifs is 1. The molecule has 84 valence electrons. The second kappa shape index (κ2) is 3.74. The summed E-state index contributed by atoms with van der Waals surface area (Å²) in [6.07, 6.45) is 0.0846. The lowest BCUT2D eigenvalue weighted by Crippen LogP contribution is -2.11. The van der Waals surface area contributed by atoms with Crippen LogP contribution in [-0.2, 0) is 10.0 Å². The molecule has 15 heavy (non-hydrogen) atoms. The van der Waals surface area contributed by atoms with Crippen molar-refractivity contribution in [1.82, 2.24) is 0 Å². The molecule has 3 N–H and O–H groups in total. The first-order valence-corrected chi connectivity index (χ1v) is 7.63. The minimum Gasteiger partial charge on any atom is -0.388 e. The van der Waals surface area contributed by atoms with E-state index in [0.717, 1.165) is 15.5 Å². The van der Waals surface area contributed by atoms with E-state index in [1.165, 1.54) is 6.07 Å². The topological polar surface area (TPSA) is 80.4 Å². The Morgan fingerprint density at radius 2 is 2.27 bits per heavy atom. The summed E-state index contributed by atoms with van der Waals surface area (Å²) in [4.78, 5) is 0. The quantitative estimate of drug-likeness (QED) is 0.802. The smallest absolute Gasteiger partial charge is 0.247 e. The van der Waals surface area contributed by atoms with Crippen molar-refractivity contribution in [2.45, 2.75) is 33.1 Å². The van der Waals surface area contributed by atoms with E-state index in [4.69, 9.17) is 5.14 Å². The van der Waals surface area contributed by atoms with Crippen LogP contribution < -0.4 is 5.14 Å². The number of hydrogen-bond donors (Lipinski definition) is 2. The van der Waals surface area contributed by atoms with Gasteiger partial charge in [-0.3, -0.25) is 0 Å². The SMILES string of the molecule is CC1CC(O)c2cc(S(N)(=O)=O)sc2S1. The van der Waals surface area contributed by atoms with Gasteiger partial charge in [0.1, 0.15) is 4.21 Å². The minimum atomic E-state index is -3.64. The van der Waals surface area contributed by atoms with Gasteiger partial charge >= 0.3 is 0 Å². The Labute approximate surface area is 96.5 Å². The van der Waals surface area contributed by atoms with Crippen LogP contribution in [-0.4, -0.2) is 18.8 Å². The Morgan fingerprint density at radius 1 is 1.60 bits per heavy atom. The van der Waals surface area contributed by atoms with Crippen molar-refractivity contribution in [3.05, 3.63) is 11.6 Å². The average Bonchev–Trinajstić information content (AvgIpc) is 2.46. The Bertz CT molecular complexity index is 479. The standard InChI is InChI=1S/C8H11NO3S3/c1-4-2-6(10)5-3-7(15(9,11)12)14-8(5)13-4/h3-4,6,10H,2H2,1H3,(H2,9,11,12). The average molecular weight is 265 g/mol. The zero-order valence-corrected chi connectivity index (χ0v) is 10.5. The van der Waals surface area contributed by atoms with Crippen LogP contribution in [0.15, 0.2) is 14.5 Å². The first-order valence-electron chi connectivity index (χ1n) is 4.39. The van der Waals surface area contributed by atoms with E-state index in [1.54, 1.807) is 11.8 Å². The molecule has 1 aliphatic heterocycles. The summed E-state index contributed by atoms with van der Waals surface area (Å²) in [5.74, 6) is 0. The van der Waals surface area contributed by atoms with Gasteiger partial charge < -0.3 is 5.11 Å². The maximum atomic E-state index is 11.1. The van der Waals surface area contributed by atoms with Crippen molar-refractivity contribution in [2.24, 2.45) is 5.14 Å². The molecule has 0 saturated carbocycles. The van der Waals surface area contributed by atoms with Gasteiger partial charge in [-0.05, 0) is 12.5 Å².